The van der Waals surface area contributed by atoms with Crippen LogP contribution in [0.3, 0.4) is 0 Å². The third kappa shape index (κ3) is 6.17. The van der Waals surface area contributed by atoms with Crippen molar-refractivity contribution < 1.29 is 9.53 Å². The van der Waals surface area contributed by atoms with Crippen LogP contribution in [0.1, 0.15) is 35.1 Å². The number of benzene rings is 2. The van der Waals surface area contributed by atoms with E-state index in [4.69, 9.17) is 16.3 Å². The van der Waals surface area contributed by atoms with Crippen molar-refractivity contribution in [3.63, 3.8) is 0 Å². The Labute approximate surface area is 179 Å². The smallest absolute Gasteiger partial charge is 0.251 e. The molecular formula is C21H23ClN4O2S. The predicted molar refractivity (Wildman–Crippen MR) is 117 cm³/mol. The van der Waals surface area contributed by atoms with Gasteiger partial charge in [0.2, 0.25) is 5.13 Å². The fraction of sp³-hybridized carbons (Fsp3) is 0.286. The van der Waals surface area contributed by atoms with Gasteiger partial charge in [-0.15, -0.1) is 0 Å². The highest BCUT2D eigenvalue weighted by molar-refractivity contribution is 7.09. The molecule has 2 aromatic carbocycles. The molecule has 29 heavy (non-hydrogen) atoms. The zero-order valence-electron chi connectivity index (χ0n) is 16.3. The van der Waals surface area contributed by atoms with Crippen LogP contribution < -0.4 is 15.4 Å². The molecule has 0 saturated carbocycles. The molecule has 3 aromatic rings. The number of methoxy groups -OCH3 is 1. The number of carbonyl (C=O) groups is 1. The van der Waals surface area contributed by atoms with E-state index in [1.807, 2.05) is 31.2 Å². The summed E-state index contributed by atoms with van der Waals surface area (Å²) in [5.74, 6) is 1.37. The van der Waals surface area contributed by atoms with Crippen LogP contribution in [0, 0.1) is 0 Å². The lowest BCUT2D eigenvalue weighted by Gasteiger charge is -2.17. The molecule has 1 amide bonds. The van der Waals surface area contributed by atoms with Gasteiger partial charge >= 0.3 is 0 Å². The molecule has 3 rings (SSSR count). The molecule has 0 aliphatic heterocycles. The van der Waals surface area contributed by atoms with E-state index in [1.165, 1.54) is 11.5 Å². The summed E-state index contributed by atoms with van der Waals surface area (Å²) in [6.07, 6.45) is 1.45. The minimum Gasteiger partial charge on any atom is -0.497 e. The molecule has 8 heteroatoms. The number of ether oxygens (including phenoxy) is 1. The number of aromatic nitrogens is 2. The van der Waals surface area contributed by atoms with E-state index in [2.05, 4.69) is 20.0 Å². The van der Waals surface area contributed by atoms with E-state index in [9.17, 15) is 4.79 Å². The quantitative estimate of drug-likeness (QED) is 0.525. The normalized spacial score (nSPS) is 11.7. The molecule has 1 atom stereocenters. The van der Waals surface area contributed by atoms with E-state index < -0.39 is 0 Å². The molecule has 0 aliphatic rings. The maximum Gasteiger partial charge on any atom is 0.251 e. The third-order valence-electron chi connectivity index (χ3n) is 4.42. The molecule has 0 aliphatic carbocycles. The van der Waals surface area contributed by atoms with Gasteiger partial charge in [0.25, 0.3) is 5.91 Å². The zero-order chi connectivity index (χ0) is 20.6. The minimum absolute atomic E-state index is 0.0202. The number of rotatable bonds is 9. The summed E-state index contributed by atoms with van der Waals surface area (Å²) >= 11 is 7.24. The van der Waals surface area contributed by atoms with E-state index in [-0.39, 0.29) is 11.9 Å². The van der Waals surface area contributed by atoms with Crippen LogP contribution in [0.4, 0.5) is 5.13 Å². The Morgan fingerprint density at radius 3 is 2.55 bits per heavy atom. The Kier molecular flexibility index (Phi) is 7.43. The Morgan fingerprint density at radius 2 is 1.90 bits per heavy atom. The molecule has 152 valence electrons. The van der Waals surface area contributed by atoms with Crippen LogP contribution in [-0.4, -0.2) is 35.0 Å². The Morgan fingerprint density at radius 1 is 1.17 bits per heavy atom. The third-order valence-corrected chi connectivity index (χ3v) is 5.39. The second-order valence-electron chi connectivity index (χ2n) is 6.51. The Hall–Kier alpha value is -2.64. The van der Waals surface area contributed by atoms with E-state index in [0.717, 1.165) is 28.7 Å². The first-order valence-electron chi connectivity index (χ1n) is 9.33. The monoisotopic (exact) mass is 430 g/mol. The van der Waals surface area contributed by atoms with Crippen molar-refractivity contribution in [3.8, 4) is 5.75 Å². The van der Waals surface area contributed by atoms with Crippen molar-refractivity contribution in [2.24, 2.45) is 0 Å². The van der Waals surface area contributed by atoms with Crippen molar-refractivity contribution in [3.05, 3.63) is 70.5 Å². The van der Waals surface area contributed by atoms with Crippen LogP contribution >= 0.6 is 23.1 Å². The molecule has 0 saturated heterocycles. The summed E-state index contributed by atoms with van der Waals surface area (Å²) in [7, 11) is 1.60. The van der Waals surface area contributed by atoms with Gasteiger partial charge in [-0.25, -0.2) is 4.98 Å². The number of hydrogen-bond donors (Lipinski definition) is 2. The highest BCUT2D eigenvalue weighted by Crippen LogP contribution is 2.16. The van der Waals surface area contributed by atoms with Crippen LogP contribution in [0.5, 0.6) is 5.75 Å². The van der Waals surface area contributed by atoms with Gasteiger partial charge in [-0.1, -0.05) is 30.7 Å². The van der Waals surface area contributed by atoms with Crippen molar-refractivity contribution in [2.75, 3.05) is 19.0 Å². The maximum atomic E-state index is 12.4. The van der Waals surface area contributed by atoms with Gasteiger partial charge < -0.3 is 15.4 Å². The van der Waals surface area contributed by atoms with Gasteiger partial charge in [0, 0.05) is 41.1 Å². The number of anilines is 1. The average Bonchev–Trinajstić information content (AvgIpc) is 3.20. The fourth-order valence-corrected chi connectivity index (χ4v) is 3.42. The van der Waals surface area contributed by atoms with E-state index in [0.29, 0.717) is 23.6 Å². The molecule has 0 radical (unpaired) electrons. The largest absolute Gasteiger partial charge is 0.497 e. The molecule has 1 unspecified atom stereocenters. The van der Waals surface area contributed by atoms with Gasteiger partial charge in [0.05, 0.1) is 7.11 Å². The molecule has 2 N–H and O–H groups in total. The first kappa shape index (κ1) is 21.1. The lowest BCUT2D eigenvalue weighted by atomic mass is 10.1. The van der Waals surface area contributed by atoms with Crippen LogP contribution in [0.2, 0.25) is 5.02 Å². The molecule has 0 bridgehead atoms. The van der Waals surface area contributed by atoms with Gasteiger partial charge in [-0.3, -0.25) is 4.79 Å². The van der Waals surface area contributed by atoms with Gasteiger partial charge in [0.15, 0.2) is 0 Å². The second-order valence-corrected chi connectivity index (χ2v) is 7.70. The van der Waals surface area contributed by atoms with E-state index in [1.54, 1.807) is 31.4 Å². The number of hydrogen-bond acceptors (Lipinski definition) is 6. The van der Waals surface area contributed by atoms with Crippen LogP contribution in [0.15, 0.2) is 48.5 Å². The standard InChI is InChI=1S/C21H23ClN4O2S/c1-3-17(24-20(27)15-6-10-18(28-2)11-7-15)13-23-21-25-19(26-29-21)12-14-4-8-16(22)9-5-14/h4-11,17H,3,12-13H2,1-2H3,(H,24,27)(H,23,25,26). The number of amides is 1. The summed E-state index contributed by atoms with van der Waals surface area (Å²) in [6, 6.07) is 14.7. The number of nitrogens with zero attached hydrogens (tertiary/aromatic N) is 2. The summed E-state index contributed by atoms with van der Waals surface area (Å²) in [6.45, 7) is 2.61. The first-order valence-corrected chi connectivity index (χ1v) is 10.5. The van der Waals surface area contributed by atoms with Gasteiger partial charge in [-0.2, -0.15) is 4.37 Å². The van der Waals surface area contributed by atoms with Crippen molar-refractivity contribution in [2.45, 2.75) is 25.8 Å². The Balaban J connectivity index is 1.51. The van der Waals surface area contributed by atoms with Crippen molar-refractivity contribution >= 4 is 34.2 Å². The number of nitrogens with one attached hydrogen (secondary N) is 2. The molecule has 0 spiro atoms. The highest BCUT2D eigenvalue weighted by Gasteiger charge is 2.13. The van der Waals surface area contributed by atoms with Crippen LogP contribution in [-0.2, 0) is 6.42 Å². The lowest BCUT2D eigenvalue weighted by molar-refractivity contribution is 0.0938. The highest BCUT2D eigenvalue weighted by atomic mass is 35.5. The SMILES string of the molecule is CCC(CNc1nc(Cc2ccc(Cl)cc2)ns1)NC(=O)c1ccc(OC)cc1. The van der Waals surface area contributed by atoms with Crippen molar-refractivity contribution in [1.82, 2.24) is 14.7 Å². The summed E-state index contributed by atoms with van der Waals surface area (Å²) in [4.78, 5) is 17.0. The van der Waals surface area contributed by atoms with Gasteiger partial charge in [-0.05, 0) is 48.4 Å². The zero-order valence-corrected chi connectivity index (χ0v) is 17.9. The van der Waals surface area contributed by atoms with Crippen molar-refractivity contribution in [1.29, 1.82) is 0 Å². The van der Waals surface area contributed by atoms with E-state index >= 15 is 0 Å². The molecule has 0 fully saturated rings. The Bertz CT molecular complexity index is 929. The molecular weight excluding hydrogens is 408 g/mol. The predicted octanol–water partition coefficient (Wildman–Crippen LogP) is 4.41. The summed E-state index contributed by atoms with van der Waals surface area (Å²) < 4.78 is 9.52. The first-order chi connectivity index (χ1) is 14.1. The summed E-state index contributed by atoms with van der Waals surface area (Å²) in [5, 5.41) is 7.77. The van der Waals surface area contributed by atoms with Gasteiger partial charge in [0.1, 0.15) is 11.6 Å². The minimum atomic E-state index is -0.109. The molecule has 6 nitrogen and oxygen atoms in total. The van der Waals surface area contributed by atoms with Crippen LogP contribution in [0.25, 0.3) is 0 Å². The molecule has 1 aromatic heterocycles. The topological polar surface area (TPSA) is 76.1 Å². The molecule has 1 heterocycles. The number of halogens is 1. The maximum absolute atomic E-state index is 12.4. The summed E-state index contributed by atoms with van der Waals surface area (Å²) in [5.41, 5.74) is 1.71. The lowest BCUT2D eigenvalue weighted by Crippen LogP contribution is -2.39. The average molecular weight is 431 g/mol. The fourth-order valence-electron chi connectivity index (χ4n) is 2.70. The number of carbonyl (C=O) groups excluding carboxylic acids is 1. The second kappa shape index (κ2) is 10.2.